The maximum atomic E-state index is 12.2. The van der Waals surface area contributed by atoms with Gasteiger partial charge in [0.1, 0.15) is 0 Å². The van der Waals surface area contributed by atoms with Gasteiger partial charge in [0.25, 0.3) is 0 Å². The van der Waals surface area contributed by atoms with E-state index in [2.05, 4.69) is 15.0 Å². The number of carbonyl (C=O) groups excluding carboxylic acids is 1. The van der Waals surface area contributed by atoms with Crippen LogP contribution in [0.4, 0.5) is 0 Å². The van der Waals surface area contributed by atoms with Crippen molar-refractivity contribution in [2.24, 2.45) is 0 Å². The summed E-state index contributed by atoms with van der Waals surface area (Å²) in [6.45, 7) is 0.514. The Bertz CT molecular complexity index is 846. The predicted octanol–water partition coefficient (Wildman–Crippen LogP) is 2.70. The number of pyridine rings is 1. The third-order valence-electron chi connectivity index (χ3n) is 3.38. The molecule has 1 amide bonds. The van der Waals surface area contributed by atoms with Gasteiger partial charge in [0, 0.05) is 32.1 Å². The van der Waals surface area contributed by atoms with Crippen molar-refractivity contribution in [2.75, 3.05) is 7.05 Å². The molecule has 23 heavy (non-hydrogen) atoms. The Balaban J connectivity index is 1.69. The van der Waals surface area contributed by atoms with E-state index in [4.69, 9.17) is 0 Å². The molecular formula is C18H16N4O. The van der Waals surface area contributed by atoms with Gasteiger partial charge in [-0.15, -0.1) is 0 Å². The lowest BCUT2D eigenvalue weighted by Crippen LogP contribution is -2.24. The van der Waals surface area contributed by atoms with Gasteiger partial charge >= 0.3 is 0 Å². The summed E-state index contributed by atoms with van der Waals surface area (Å²) in [6.07, 6.45) is 8.32. The van der Waals surface area contributed by atoms with Crippen molar-refractivity contribution >= 4 is 23.0 Å². The molecule has 0 aliphatic carbocycles. The molecule has 0 N–H and O–H groups in total. The standard InChI is InChI=1S/C18H16N4O/c1-22(13-14-5-4-10-19-11-14)18(23)9-8-15-12-20-16-6-2-3-7-17(16)21-15/h2-12H,13H2,1H3/b9-8+. The highest BCUT2D eigenvalue weighted by molar-refractivity contribution is 5.91. The van der Waals surface area contributed by atoms with E-state index in [1.807, 2.05) is 36.4 Å². The number of para-hydroxylation sites is 2. The van der Waals surface area contributed by atoms with Crippen LogP contribution in [-0.2, 0) is 11.3 Å². The lowest BCUT2D eigenvalue weighted by atomic mass is 10.2. The second-order valence-electron chi connectivity index (χ2n) is 5.17. The number of carbonyl (C=O) groups is 1. The van der Waals surface area contributed by atoms with Gasteiger partial charge in [-0.05, 0) is 29.8 Å². The van der Waals surface area contributed by atoms with Gasteiger partial charge in [0.2, 0.25) is 5.91 Å². The summed E-state index contributed by atoms with van der Waals surface area (Å²) in [5.41, 5.74) is 3.30. The predicted molar refractivity (Wildman–Crippen MR) is 89.3 cm³/mol. The van der Waals surface area contributed by atoms with Crippen molar-refractivity contribution < 1.29 is 4.79 Å². The lowest BCUT2D eigenvalue weighted by molar-refractivity contribution is -0.125. The Labute approximate surface area is 134 Å². The van der Waals surface area contributed by atoms with E-state index in [1.54, 1.807) is 36.6 Å². The van der Waals surface area contributed by atoms with Gasteiger partial charge < -0.3 is 4.90 Å². The fourth-order valence-corrected chi connectivity index (χ4v) is 2.18. The van der Waals surface area contributed by atoms with E-state index in [-0.39, 0.29) is 5.91 Å². The van der Waals surface area contributed by atoms with Gasteiger partial charge in [-0.3, -0.25) is 14.8 Å². The Morgan fingerprint density at radius 1 is 1.13 bits per heavy atom. The number of hydrogen-bond acceptors (Lipinski definition) is 4. The topological polar surface area (TPSA) is 59.0 Å². The molecule has 5 nitrogen and oxygen atoms in total. The highest BCUT2D eigenvalue weighted by Crippen LogP contribution is 2.09. The Hall–Kier alpha value is -3.08. The number of benzene rings is 1. The zero-order valence-electron chi connectivity index (χ0n) is 12.8. The summed E-state index contributed by atoms with van der Waals surface area (Å²) < 4.78 is 0. The van der Waals surface area contributed by atoms with Crippen LogP contribution in [0, 0.1) is 0 Å². The molecule has 0 saturated heterocycles. The van der Waals surface area contributed by atoms with E-state index in [1.165, 1.54) is 6.08 Å². The summed E-state index contributed by atoms with van der Waals surface area (Å²) in [5.74, 6) is -0.0937. The number of fused-ring (bicyclic) bond motifs is 1. The summed E-state index contributed by atoms with van der Waals surface area (Å²) in [7, 11) is 1.76. The smallest absolute Gasteiger partial charge is 0.246 e. The normalized spacial score (nSPS) is 11.0. The van der Waals surface area contributed by atoms with Crippen LogP contribution in [0.1, 0.15) is 11.3 Å². The molecule has 1 aromatic carbocycles. The van der Waals surface area contributed by atoms with Crippen LogP contribution in [-0.4, -0.2) is 32.8 Å². The van der Waals surface area contributed by atoms with E-state index in [9.17, 15) is 4.79 Å². The fraction of sp³-hybridized carbons (Fsp3) is 0.111. The molecule has 3 aromatic rings. The van der Waals surface area contributed by atoms with Crippen LogP contribution in [0.2, 0.25) is 0 Å². The Morgan fingerprint density at radius 3 is 2.74 bits per heavy atom. The number of hydrogen-bond donors (Lipinski definition) is 0. The molecular weight excluding hydrogens is 288 g/mol. The average Bonchev–Trinajstić information content (AvgIpc) is 2.60. The Morgan fingerprint density at radius 2 is 1.96 bits per heavy atom. The van der Waals surface area contributed by atoms with Crippen molar-refractivity contribution in [3.8, 4) is 0 Å². The van der Waals surface area contributed by atoms with Crippen molar-refractivity contribution in [2.45, 2.75) is 6.54 Å². The van der Waals surface area contributed by atoms with Crippen molar-refractivity contribution in [1.29, 1.82) is 0 Å². The molecule has 114 valence electrons. The third-order valence-corrected chi connectivity index (χ3v) is 3.38. The quantitative estimate of drug-likeness (QED) is 0.695. The molecule has 0 saturated carbocycles. The first-order chi connectivity index (χ1) is 11.2. The van der Waals surface area contributed by atoms with Crippen molar-refractivity contribution in [3.05, 3.63) is 72.3 Å². The molecule has 2 heterocycles. The molecule has 0 bridgehead atoms. The first-order valence-corrected chi connectivity index (χ1v) is 7.26. The highest BCUT2D eigenvalue weighted by Gasteiger charge is 2.06. The minimum atomic E-state index is -0.0937. The summed E-state index contributed by atoms with van der Waals surface area (Å²) >= 11 is 0. The van der Waals surface area contributed by atoms with Crippen LogP contribution in [0.5, 0.6) is 0 Å². The van der Waals surface area contributed by atoms with Gasteiger partial charge in [-0.25, -0.2) is 4.98 Å². The monoisotopic (exact) mass is 304 g/mol. The minimum absolute atomic E-state index is 0.0937. The number of nitrogens with zero attached hydrogens (tertiary/aromatic N) is 4. The van der Waals surface area contributed by atoms with Crippen LogP contribution in [0.15, 0.2) is 61.1 Å². The molecule has 3 rings (SSSR count). The number of aromatic nitrogens is 3. The van der Waals surface area contributed by atoms with E-state index in [0.717, 1.165) is 16.6 Å². The number of rotatable bonds is 4. The molecule has 0 aliphatic heterocycles. The second kappa shape index (κ2) is 6.79. The van der Waals surface area contributed by atoms with Gasteiger partial charge in [0.05, 0.1) is 22.9 Å². The van der Waals surface area contributed by atoms with Gasteiger partial charge in [-0.2, -0.15) is 0 Å². The zero-order valence-corrected chi connectivity index (χ0v) is 12.8. The SMILES string of the molecule is CN(Cc1cccnc1)C(=O)/C=C/c1cnc2ccccc2n1. The maximum Gasteiger partial charge on any atom is 0.246 e. The first-order valence-electron chi connectivity index (χ1n) is 7.26. The van der Waals surface area contributed by atoms with Crippen LogP contribution in [0.3, 0.4) is 0 Å². The zero-order chi connectivity index (χ0) is 16.1. The third kappa shape index (κ3) is 3.77. The highest BCUT2D eigenvalue weighted by atomic mass is 16.2. The molecule has 2 aromatic heterocycles. The van der Waals surface area contributed by atoms with Gasteiger partial charge in [-0.1, -0.05) is 18.2 Å². The second-order valence-corrected chi connectivity index (χ2v) is 5.17. The lowest BCUT2D eigenvalue weighted by Gasteiger charge is -2.14. The molecule has 0 radical (unpaired) electrons. The molecule has 0 aliphatic rings. The summed E-state index contributed by atoms with van der Waals surface area (Å²) in [5, 5.41) is 0. The molecule has 0 unspecified atom stereocenters. The molecule has 5 heteroatoms. The van der Waals surface area contributed by atoms with E-state index < -0.39 is 0 Å². The van der Waals surface area contributed by atoms with Gasteiger partial charge in [0.15, 0.2) is 0 Å². The van der Waals surface area contributed by atoms with Crippen molar-refractivity contribution in [1.82, 2.24) is 19.9 Å². The molecule has 0 atom stereocenters. The van der Waals surface area contributed by atoms with E-state index >= 15 is 0 Å². The Kier molecular flexibility index (Phi) is 4.38. The van der Waals surface area contributed by atoms with Crippen LogP contribution in [0.25, 0.3) is 17.1 Å². The molecule has 0 spiro atoms. The average molecular weight is 304 g/mol. The first kappa shape index (κ1) is 14.8. The fourth-order valence-electron chi connectivity index (χ4n) is 2.18. The van der Waals surface area contributed by atoms with Crippen LogP contribution >= 0.6 is 0 Å². The molecule has 0 fully saturated rings. The summed E-state index contributed by atoms with van der Waals surface area (Å²) in [4.78, 5) is 26.6. The maximum absolute atomic E-state index is 12.2. The van der Waals surface area contributed by atoms with Crippen molar-refractivity contribution in [3.63, 3.8) is 0 Å². The van der Waals surface area contributed by atoms with Crippen LogP contribution < -0.4 is 0 Å². The van der Waals surface area contributed by atoms with E-state index in [0.29, 0.717) is 12.2 Å². The summed E-state index contributed by atoms with van der Waals surface area (Å²) in [6, 6.07) is 11.4. The number of likely N-dealkylation sites (N-methyl/N-ethyl adjacent to an activating group) is 1. The largest absolute Gasteiger partial charge is 0.338 e. The minimum Gasteiger partial charge on any atom is -0.338 e. The number of amides is 1.